The van der Waals surface area contributed by atoms with Crippen LogP contribution in [0.25, 0.3) is 0 Å². The summed E-state index contributed by atoms with van der Waals surface area (Å²) in [5.74, 6) is 0. The molecule has 16 heavy (non-hydrogen) atoms. The molecule has 0 atom stereocenters. The minimum Gasteiger partial charge on any atom is -0.336 e. The third kappa shape index (κ3) is 2.81. The normalized spacial score (nSPS) is 10.3. The lowest BCUT2D eigenvalue weighted by Gasteiger charge is -2.01. The minimum absolute atomic E-state index is 0.187. The zero-order chi connectivity index (χ0) is 11.5. The topological polar surface area (TPSA) is 48.6 Å². The van der Waals surface area contributed by atoms with Crippen LogP contribution in [0.1, 0.15) is 11.3 Å². The Labute approximate surface area is 102 Å². The lowest BCUT2D eigenvalue weighted by atomic mass is 10.1. The van der Waals surface area contributed by atoms with Crippen molar-refractivity contribution in [3.8, 4) is 0 Å². The molecule has 2 rings (SSSR count). The largest absolute Gasteiger partial charge is 0.336 e. The summed E-state index contributed by atoms with van der Waals surface area (Å²) in [5.41, 5.74) is 1.67. The second kappa shape index (κ2) is 4.63. The first-order chi connectivity index (χ1) is 7.63. The lowest BCUT2D eigenvalue weighted by Crippen LogP contribution is -2.08. The van der Waals surface area contributed by atoms with Gasteiger partial charge >= 0.3 is 0 Å². The highest BCUT2D eigenvalue weighted by Gasteiger charge is 1.98. The molecular weight excluding hydrogens is 244 g/mol. The number of rotatable bonds is 2. The Morgan fingerprint density at radius 2 is 1.88 bits per heavy atom. The molecule has 0 aliphatic heterocycles. The smallest absolute Gasteiger partial charge is 0.251 e. The molecule has 0 bridgehead atoms. The zero-order valence-electron chi connectivity index (χ0n) is 8.29. The molecule has 1 aromatic heterocycles. The number of H-pyrrole nitrogens is 2. The summed E-state index contributed by atoms with van der Waals surface area (Å²) in [6, 6.07) is 8.97. The molecule has 0 spiro atoms. The van der Waals surface area contributed by atoms with Gasteiger partial charge in [0.05, 0.1) is 0 Å². The molecule has 0 radical (unpaired) electrons. The van der Waals surface area contributed by atoms with Gasteiger partial charge in [0.2, 0.25) is 0 Å². The fourth-order valence-electron chi connectivity index (χ4n) is 1.44. The SMILES string of the molecule is O=c1cc(Cc2ccc(Cl)cc2)[nH]c(=S)[nH]1. The van der Waals surface area contributed by atoms with E-state index >= 15 is 0 Å². The summed E-state index contributed by atoms with van der Waals surface area (Å²) < 4.78 is 0.344. The van der Waals surface area contributed by atoms with E-state index in [1.54, 1.807) is 0 Å². The van der Waals surface area contributed by atoms with Crippen molar-refractivity contribution < 1.29 is 0 Å². The number of aromatic nitrogens is 2. The van der Waals surface area contributed by atoms with Crippen LogP contribution in [-0.2, 0) is 6.42 Å². The van der Waals surface area contributed by atoms with Crippen molar-refractivity contribution in [2.45, 2.75) is 6.42 Å². The Hall–Kier alpha value is -1.39. The highest BCUT2D eigenvalue weighted by atomic mass is 35.5. The Balaban J connectivity index is 2.30. The van der Waals surface area contributed by atoms with E-state index in [2.05, 4.69) is 9.97 Å². The summed E-state index contributed by atoms with van der Waals surface area (Å²) in [7, 11) is 0. The number of aromatic amines is 2. The molecule has 0 saturated carbocycles. The van der Waals surface area contributed by atoms with E-state index in [9.17, 15) is 4.79 Å². The number of hydrogen-bond acceptors (Lipinski definition) is 2. The van der Waals surface area contributed by atoms with E-state index in [4.69, 9.17) is 23.8 Å². The van der Waals surface area contributed by atoms with Gasteiger partial charge in [-0.05, 0) is 29.9 Å². The summed E-state index contributed by atoms with van der Waals surface area (Å²) in [4.78, 5) is 16.6. The van der Waals surface area contributed by atoms with Crippen LogP contribution < -0.4 is 5.56 Å². The second-order valence-corrected chi connectivity index (χ2v) is 4.26. The van der Waals surface area contributed by atoms with Gasteiger partial charge < -0.3 is 4.98 Å². The van der Waals surface area contributed by atoms with Crippen LogP contribution in [0.2, 0.25) is 5.02 Å². The van der Waals surface area contributed by atoms with E-state index < -0.39 is 0 Å². The molecular formula is C11H9ClN2OS. The van der Waals surface area contributed by atoms with Gasteiger partial charge in [0.25, 0.3) is 5.56 Å². The standard InChI is InChI=1S/C11H9ClN2OS/c12-8-3-1-7(2-4-8)5-9-6-10(15)14-11(16)13-9/h1-4,6H,5H2,(H2,13,14,15,16). The van der Waals surface area contributed by atoms with Crippen LogP contribution in [0.15, 0.2) is 35.1 Å². The van der Waals surface area contributed by atoms with Gasteiger partial charge in [0, 0.05) is 23.2 Å². The molecule has 0 aliphatic carbocycles. The molecule has 2 N–H and O–H groups in total. The van der Waals surface area contributed by atoms with Crippen molar-refractivity contribution in [3.63, 3.8) is 0 Å². The molecule has 0 saturated heterocycles. The zero-order valence-corrected chi connectivity index (χ0v) is 9.86. The first kappa shape index (κ1) is 11.1. The first-order valence-corrected chi connectivity index (χ1v) is 5.49. The molecule has 5 heteroatoms. The number of benzene rings is 1. The summed E-state index contributed by atoms with van der Waals surface area (Å²) in [5, 5.41) is 0.697. The Bertz CT molecular complexity index is 572. The van der Waals surface area contributed by atoms with Crippen molar-refractivity contribution in [2.75, 3.05) is 0 Å². The van der Waals surface area contributed by atoms with Crippen molar-refractivity contribution in [2.24, 2.45) is 0 Å². The molecule has 3 nitrogen and oxygen atoms in total. The molecule has 82 valence electrons. The van der Waals surface area contributed by atoms with E-state index in [1.807, 2.05) is 24.3 Å². The summed E-state index contributed by atoms with van der Waals surface area (Å²) in [6.45, 7) is 0. The van der Waals surface area contributed by atoms with Crippen molar-refractivity contribution >= 4 is 23.8 Å². The maximum atomic E-state index is 11.2. The predicted octanol–water partition coefficient (Wildman–Crippen LogP) is 2.68. The molecule has 0 fully saturated rings. The minimum atomic E-state index is -0.187. The molecule has 2 aromatic rings. The lowest BCUT2D eigenvalue weighted by molar-refractivity contribution is 0.986. The van der Waals surface area contributed by atoms with Crippen LogP contribution >= 0.6 is 23.8 Å². The molecule has 1 aromatic carbocycles. The van der Waals surface area contributed by atoms with E-state index in [0.717, 1.165) is 11.3 Å². The van der Waals surface area contributed by atoms with Gasteiger partial charge in [-0.3, -0.25) is 9.78 Å². The second-order valence-electron chi connectivity index (χ2n) is 3.42. The van der Waals surface area contributed by atoms with Gasteiger partial charge in [-0.15, -0.1) is 0 Å². The van der Waals surface area contributed by atoms with Gasteiger partial charge in [0.15, 0.2) is 4.77 Å². The van der Waals surface area contributed by atoms with Crippen LogP contribution in [0.3, 0.4) is 0 Å². The maximum Gasteiger partial charge on any atom is 0.251 e. The quantitative estimate of drug-likeness (QED) is 0.808. The van der Waals surface area contributed by atoms with E-state index in [0.29, 0.717) is 16.2 Å². The summed E-state index contributed by atoms with van der Waals surface area (Å²) in [6.07, 6.45) is 0.630. The van der Waals surface area contributed by atoms with Gasteiger partial charge in [-0.25, -0.2) is 0 Å². The molecule has 0 aliphatic rings. The summed E-state index contributed by atoms with van der Waals surface area (Å²) >= 11 is 10.7. The predicted molar refractivity (Wildman–Crippen MR) is 66.5 cm³/mol. The monoisotopic (exact) mass is 252 g/mol. The van der Waals surface area contributed by atoms with Gasteiger partial charge in [0.1, 0.15) is 0 Å². The third-order valence-corrected chi connectivity index (χ3v) is 2.58. The highest BCUT2D eigenvalue weighted by molar-refractivity contribution is 7.71. The molecule has 1 heterocycles. The van der Waals surface area contributed by atoms with Crippen LogP contribution in [0.5, 0.6) is 0 Å². The Kier molecular flexibility index (Phi) is 3.22. The van der Waals surface area contributed by atoms with E-state index in [-0.39, 0.29) is 5.56 Å². The Morgan fingerprint density at radius 1 is 1.19 bits per heavy atom. The number of nitrogens with one attached hydrogen (secondary N) is 2. The molecule has 0 amide bonds. The first-order valence-electron chi connectivity index (χ1n) is 4.70. The average molecular weight is 253 g/mol. The average Bonchev–Trinajstić information content (AvgIpc) is 2.20. The van der Waals surface area contributed by atoms with E-state index in [1.165, 1.54) is 6.07 Å². The van der Waals surface area contributed by atoms with Crippen molar-refractivity contribution in [3.05, 3.63) is 61.7 Å². The van der Waals surface area contributed by atoms with Crippen molar-refractivity contribution in [1.29, 1.82) is 0 Å². The third-order valence-electron chi connectivity index (χ3n) is 2.12. The van der Waals surface area contributed by atoms with Crippen LogP contribution in [-0.4, -0.2) is 9.97 Å². The van der Waals surface area contributed by atoms with Crippen LogP contribution in [0.4, 0.5) is 0 Å². The van der Waals surface area contributed by atoms with Crippen molar-refractivity contribution in [1.82, 2.24) is 9.97 Å². The highest BCUT2D eigenvalue weighted by Crippen LogP contribution is 2.11. The fourth-order valence-corrected chi connectivity index (χ4v) is 1.79. The van der Waals surface area contributed by atoms with Crippen LogP contribution in [0, 0.1) is 4.77 Å². The van der Waals surface area contributed by atoms with Gasteiger partial charge in [-0.2, -0.15) is 0 Å². The number of hydrogen-bond donors (Lipinski definition) is 2. The van der Waals surface area contributed by atoms with Gasteiger partial charge in [-0.1, -0.05) is 23.7 Å². The maximum absolute atomic E-state index is 11.2. The fraction of sp³-hybridized carbons (Fsp3) is 0.0909. The Morgan fingerprint density at radius 3 is 2.50 bits per heavy atom. The molecule has 0 unspecified atom stereocenters. The number of halogens is 1.